The molecule has 0 unspecified atom stereocenters. The summed E-state index contributed by atoms with van der Waals surface area (Å²) in [7, 11) is 0. The first-order valence-corrected chi connectivity index (χ1v) is 9.57. The maximum atomic E-state index is 12.9. The molecule has 0 heterocycles. The van der Waals surface area contributed by atoms with Crippen molar-refractivity contribution in [3.05, 3.63) is 65.2 Å². The smallest absolute Gasteiger partial charge is 0.261 e. The molecule has 2 aromatic rings. The number of ether oxygens (including phenoxy) is 1. The Bertz CT molecular complexity index is 803. The number of amides is 2. The van der Waals surface area contributed by atoms with Crippen LogP contribution in [-0.2, 0) is 16.1 Å². The second kappa shape index (κ2) is 9.60. The van der Waals surface area contributed by atoms with Gasteiger partial charge >= 0.3 is 0 Å². The van der Waals surface area contributed by atoms with Crippen LogP contribution in [0.4, 0.5) is 0 Å². The third-order valence-electron chi connectivity index (χ3n) is 4.01. The maximum Gasteiger partial charge on any atom is 0.261 e. The average molecular weight is 403 g/mol. The standard InChI is InChI=1S/C22H27ClN2O3/c1-16(21(27)24-22(2,3)4)25(14-17-9-8-10-18(23)13-17)20(26)15-28-19-11-6-5-7-12-19/h5-13,16H,14-15H2,1-4H3,(H,24,27)/t16-/m0/s1. The Kier molecular flexibility index (Phi) is 7.46. The minimum absolute atomic E-state index is 0.155. The molecule has 2 aromatic carbocycles. The summed E-state index contributed by atoms with van der Waals surface area (Å²) in [6.45, 7) is 7.53. The summed E-state index contributed by atoms with van der Waals surface area (Å²) in [6, 6.07) is 15.7. The van der Waals surface area contributed by atoms with Gasteiger partial charge in [-0.1, -0.05) is 41.9 Å². The van der Waals surface area contributed by atoms with E-state index in [0.717, 1.165) is 5.56 Å². The third-order valence-corrected chi connectivity index (χ3v) is 4.25. The van der Waals surface area contributed by atoms with E-state index in [1.54, 1.807) is 31.2 Å². The summed E-state index contributed by atoms with van der Waals surface area (Å²) in [5.74, 6) is 0.105. The number of carbonyl (C=O) groups is 2. The van der Waals surface area contributed by atoms with E-state index in [0.29, 0.717) is 10.8 Å². The third kappa shape index (κ3) is 6.89. The molecule has 0 spiro atoms. The highest BCUT2D eigenvalue weighted by Gasteiger charge is 2.28. The van der Waals surface area contributed by atoms with E-state index in [1.807, 2.05) is 51.1 Å². The maximum absolute atomic E-state index is 12.9. The molecule has 1 atom stereocenters. The second-order valence-electron chi connectivity index (χ2n) is 7.67. The molecule has 0 aliphatic rings. The fourth-order valence-corrected chi connectivity index (χ4v) is 2.85. The molecule has 0 saturated carbocycles. The predicted octanol–water partition coefficient (Wildman–Crippen LogP) is 4.05. The molecular formula is C22H27ClN2O3. The van der Waals surface area contributed by atoms with Crippen molar-refractivity contribution in [2.75, 3.05) is 6.61 Å². The van der Waals surface area contributed by atoms with Crippen molar-refractivity contribution in [1.29, 1.82) is 0 Å². The van der Waals surface area contributed by atoms with Gasteiger partial charge in [-0.2, -0.15) is 0 Å². The van der Waals surface area contributed by atoms with Gasteiger partial charge in [0.2, 0.25) is 5.91 Å². The number of nitrogens with zero attached hydrogens (tertiary/aromatic N) is 1. The Hall–Kier alpha value is -2.53. The van der Waals surface area contributed by atoms with Crippen LogP contribution in [0.25, 0.3) is 0 Å². The quantitative estimate of drug-likeness (QED) is 0.760. The highest BCUT2D eigenvalue weighted by Crippen LogP contribution is 2.16. The summed E-state index contributed by atoms with van der Waals surface area (Å²) < 4.78 is 5.59. The van der Waals surface area contributed by atoms with Gasteiger partial charge in [-0.05, 0) is 57.5 Å². The SMILES string of the molecule is C[C@@H](C(=O)NC(C)(C)C)N(Cc1cccc(Cl)c1)C(=O)COc1ccccc1. The largest absolute Gasteiger partial charge is 0.484 e. The fourth-order valence-electron chi connectivity index (χ4n) is 2.63. The summed E-state index contributed by atoms with van der Waals surface area (Å²) >= 11 is 6.07. The number of benzene rings is 2. The number of hydrogen-bond donors (Lipinski definition) is 1. The highest BCUT2D eigenvalue weighted by atomic mass is 35.5. The van der Waals surface area contributed by atoms with Crippen LogP contribution in [-0.4, -0.2) is 34.9 Å². The first-order valence-electron chi connectivity index (χ1n) is 9.19. The van der Waals surface area contributed by atoms with Gasteiger partial charge in [-0.3, -0.25) is 9.59 Å². The van der Waals surface area contributed by atoms with Crippen molar-refractivity contribution in [3.8, 4) is 5.75 Å². The van der Waals surface area contributed by atoms with E-state index in [1.165, 1.54) is 4.90 Å². The fraction of sp³-hybridized carbons (Fsp3) is 0.364. The van der Waals surface area contributed by atoms with E-state index in [2.05, 4.69) is 5.32 Å². The second-order valence-corrected chi connectivity index (χ2v) is 8.10. The van der Waals surface area contributed by atoms with Gasteiger partial charge in [0.25, 0.3) is 5.91 Å². The van der Waals surface area contributed by atoms with Gasteiger partial charge < -0.3 is 15.0 Å². The van der Waals surface area contributed by atoms with Gasteiger partial charge in [-0.15, -0.1) is 0 Å². The van der Waals surface area contributed by atoms with E-state index < -0.39 is 11.6 Å². The molecule has 2 amide bonds. The molecular weight excluding hydrogens is 376 g/mol. The van der Waals surface area contributed by atoms with Gasteiger partial charge in [0, 0.05) is 17.1 Å². The van der Waals surface area contributed by atoms with Crippen molar-refractivity contribution in [1.82, 2.24) is 10.2 Å². The van der Waals surface area contributed by atoms with E-state index in [9.17, 15) is 9.59 Å². The lowest BCUT2D eigenvalue weighted by Gasteiger charge is -2.31. The summed E-state index contributed by atoms with van der Waals surface area (Å²) in [6.07, 6.45) is 0. The highest BCUT2D eigenvalue weighted by molar-refractivity contribution is 6.30. The minimum Gasteiger partial charge on any atom is -0.484 e. The molecule has 28 heavy (non-hydrogen) atoms. The average Bonchev–Trinajstić information content (AvgIpc) is 2.63. The van der Waals surface area contributed by atoms with Crippen LogP contribution >= 0.6 is 11.6 Å². The van der Waals surface area contributed by atoms with Crippen LogP contribution in [0.15, 0.2) is 54.6 Å². The molecule has 0 fully saturated rings. The van der Waals surface area contributed by atoms with Crippen molar-refractivity contribution in [2.45, 2.75) is 45.8 Å². The van der Waals surface area contributed by atoms with Gasteiger partial charge in [0.1, 0.15) is 11.8 Å². The predicted molar refractivity (Wildman–Crippen MR) is 111 cm³/mol. The van der Waals surface area contributed by atoms with Crippen LogP contribution < -0.4 is 10.1 Å². The van der Waals surface area contributed by atoms with Crippen LogP contribution in [0.1, 0.15) is 33.3 Å². The van der Waals surface area contributed by atoms with E-state index >= 15 is 0 Å². The zero-order chi connectivity index (χ0) is 20.7. The lowest BCUT2D eigenvalue weighted by atomic mass is 10.1. The topological polar surface area (TPSA) is 58.6 Å². The van der Waals surface area contributed by atoms with Crippen LogP contribution in [0.2, 0.25) is 5.02 Å². The number of rotatable bonds is 7. The zero-order valence-corrected chi connectivity index (χ0v) is 17.5. The number of carbonyl (C=O) groups excluding carboxylic acids is 2. The number of para-hydroxylation sites is 1. The summed E-state index contributed by atoms with van der Waals surface area (Å²) in [4.78, 5) is 27.1. The minimum atomic E-state index is -0.662. The number of halogens is 1. The molecule has 5 nitrogen and oxygen atoms in total. The lowest BCUT2D eigenvalue weighted by molar-refractivity contribution is -0.142. The molecule has 0 aromatic heterocycles. The molecule has 0 aliphatic carbocycles. The first-order chi connectivity index (χ1) is 13.2. The van der Waals surface area contributed by atoms with Crippen molar-refractivity contribution in [3.63, 3.8) is 0 Å². The molecule has 2 rings (SSSR count). The Labute approximate surface area is 171 Å². The first kappa shape index (κ1) is 21.8. The Morgan fingerprint density at radius 3 is 2.39 bits per heavy atom. The normalized spacial score (nSPS) is 12.2. The molecule has 150 valence electrons. The van der Waals surface area contributed by atoms with Crippen LogP contribution in [0.5, 0.6) is 5.75 Å². The van der Waals surface area contributed by atoms with Crippen molar-refractivity contribution < 1.29 is 14.3 Å². The number of hydrogen-bond acceptors (Lipinski definition) is 3. The molecule has 6 heteroatoms. The summed E-state index contributed by atoms with van der Waals surface area (Å²) in [5.41, 5.74) is 0.451. The number of nitrogens with one attached hydrogen (secondary N) is 1. The molecule has 0 aliphatic heterocycles. The van der Waals surface area contributed by atoms with Crippen molar-refractivity contribution in [2.24, 2.45) is 0 Å². The van der Waals surface area contributed by atoms with Gasteiger partial charge in [-0.25, -0.2) is 0 Å². The van der Waals surface area contributed by atoms with Crippen LogP contribution in [0, 0.1) is 0 Å². The van der Waals surface area contributed by atoms with E-state index in [4.69, 9.17) is 16.3 Å². The Morgan fingerprint density at radius 2 is 1.79 bits per heavy atom. The molecule has 0 saturated heterocycles. The van der Waals surface area contributed by atoms with Crippen LogP contribution in [0.3, 0.4) is 0 Å². The molecule has 0 radical (unpaired) electrons. The van der Waals surface area contributed by atoms with Gasteiger partial charge in [0.15, 0.2) is 6.61 Å². The Morgan fingerprint density at radius 1 is 1.11 bits per heavy atom. The monoisotopic (exact) mass is 402 g/mol. The lowest BCUT2D eigenvalue weighted by Crippen LogP contribution is -2.53. The molecule has 1 N–H and O–H groups in total. The Balaban J connectivity index is 2.16. The van der Waals surface area contributed by atoms with Gasteiger partial charge in [0.05, 0.1) is 0 Å². The zero-order valence-electron chi connectivity index (χ0n) is 16.7. The van der Waals surface area contributed by atoms with Crippen molar-refractivity contribution >= 4 is 23.4 Å². The molecule has 0 bridgehead atoms. The summed E-state index contributed by atoms with van der Waals surface area (Å²) in [5, 5.41) is 3.51. The van der Waals surface area contributed by atoms with E-state index in [-0.39, 0.29) is 25.0 Å².